The number of aliphatic hydroxyl groups is 2. The molecule has 2 fully saturated rings. The van der Waals surface area contributed by atoms with Crippen LogP contribution < -0.4 is 17.0 Å². The number of anilines is 1. The molecule has 6 N–H and O–H groups in total. The van der Waals surface area contributed by atoms with Gasteiger partial charge in [0.1, 0.15) is 36.3 Å². The van der Waals surface area contributed by atoms with Crippen LogP contribution in [0.1, 0.15) is 30.9 Å². The second-order valence-electron chi connectivity index (χ2n) is 8.96. The van der Waals surface area contributed by atoms with Crippen LogP contribution in [0.15, 0.2) is 28.3 Å². The predicted molar refractivity (Wildman–Crippen MR) is 127 cm³/mol. The zero-order chi connectivity index (χ0) is 27.2. The first-order valence-corrected chi connectivity index (χ1v) is 13.1. The van der Waals surface area contributed by atoms with E-state index in [1.54, 1.807) is 4.57 Å². The van der Waals surface area contributed by atoms with Gasteiger partial charge in [0.15, 0.2) is 5.65 Å². The fourth-order valence-corrected chi connectivity index (χ4v) is 5.36. The fraction of sp³-hybridized carbons (Fsp3) is 0.550. The molecular formula is C20H26N7O10P. The number of nitrogens with one attached hydrogen (secondary N) is 1. The maximum Gasteiger partial charge on any atom is 0.472 e. The van der Waals surface area contributed by atoms with Gasteiger partial charge in [-0.15, -0.1) is 0 Å². The van der Waals surface area contributed by atoms with Crippen LogP contribution >= 0.6 is 7.82 Å². The molecule has 2 saturated heterocycles. The summed E-state index contributed by atoms with van der Waals surface area (Å²) in [5.41, 5.74) is 5.50. The van der Waals surface area contributed by atoms with E-state index in [-0.39, 0.29) is 24.4 Å². The van der Waals surface area contributed by atoms with E-state index in [2.05, 4.69) is 19.9 Å². The number of nitrogens with two attached hydrogens (primary N) is 1. The summed E-state index contributed by atoms with van der Waals surface area (Å²) in [4.78, 5) is 48.4. The SMILES string of the molecule is Cc1cn([C@H]2C[C@H](O)[C@@H](COP(=O)(O)O[C@H]3C[C@H](n4cnc5cnc(N)nc54)O[C@@H]3CO)O2)c(=O)[nH]c1=O. The van der Waals surface area contributed by atoms with E-state index in [1.807, 2.05) is 0 Å². The molecule has 5 rings (SSSR count). The Morgan fingerprint density at radius 3 is 2.71 bits per heavy atom. The highest BCUT2D eigenvalue weighted by atomic mass is 31.2. The number of aromatic nitrogens is 6. The number of aryl methyl sites for hydroxylation is 1. The predicted octanol–water partition coefficient (Wildman–Crippen LogP) is -1.30. The van der Waals surface area contributed by atoms with Crippen LogP contribution in [0.2, 0.25) is 0 Å². The van der Waals surface area contributed by atoms with Crippen molar-refractivity contribution in [2.75, 3.05) is 18.9 Å². The molecule has 2 aliphatic heterocycles. The molecule has 3 aromatic heterocycles. The van der Waals surface area contributed by atoms with Crippen LogP contribution in [0, 0.1) is 6.92 Å². The first-order chi connectivity index (χ1) is 18.0. The Hall–Kier alpha value is -3.02. The number of hydrogen-bond acceptors (Lipinski definition) is 13. The number of rotatable bonds is 8. The van der Waals surface area contributed by atoms with Crippen LogP contribution in [-0.4, -0.2) is 81.8 Å². The molecule has 38 heavy (non-hydrogen) atoms. The summed E-state index contributed by atoms with van der Waals surface area (Å²) in [6, 6.07) is 0. The fourth-order valence-electron chi connectivity index (χ4n) is 4.40. The standard InChI is InChI=1S/C20H26N7O10P/c1-9-5-26(20(31)25-18(9)30)15-2-11(29)14(36-15)7-34-38(32,33)37-12-3-16(35-13(12)6-28)27-8-23-10-4-22-19(21)24-17(10)27/h4-5,8,11-16,28-29H,2-3,6-7H2,1H3,(H,32,33)(H2,21,22,24)(H,25,30,31)/t11-,12-,13+,14+,15+,16+/m0/s1. The zero-order valence-electron chi connectivity index (χ0n) is 20.0. The van der Waals surface area contributed by atoms with E-state index in [4.69, 9.17) is 24.3 Å². The Morgan fingerprint density at radius 1 is 1.21 bits per heavy atom. The number of aliphatic hydroxyl groups excluding tert-OH is 2. The average molecular weight is 555 g/mol. The normalized spacial score (nSPS) is 29.2. The molecule has 0 spiro atoms. The number of nitrogen functional groups attached to an aromatic ring is 1. The van der Waals surface area contributed by atoms with Crippen molar-refractivity contribution in [3.8, 4) is 0 Å². The van der Waals surface area contributed by atoms with Crippen LogP contribution in [-0.2, 0) is 23.1 Å². The molecule has 1 unspecified atom stereocenters. The lowest BCUT2D eigenvalue weighted by Gasteiger charge is -2.22. The maximum absolute atomic E-state index is 12.7. The number of fused-ring (bicyclic) bond motifs is 1. The Labute approximate surface area is 213 Å². The second-order valence-corrected chi connectivity index (χ2v) is 10.4. The van der Waals surface area contributed by atoms with E-state index < -0.39 is 69.2 Å². The summed E-state index contributed by atoms with van der Waals surface area (Å²) in [5, 5.41) is 20.1. The van der Waals surface area contributed by atoms with Gasteiger partial charge in [-0.05, 0) is 6.92 Å². The molecule has 3 aromatic rings. The topological polar surface area (TPSA) is 239 Å². The highest BCUT2D eigenvalue weighted by Gasteiger charge is 2.43. The van der Waals surface area contributed by atoms with Gasteiger partial charge >= 0.3 is 13.5 Å². The lowest BCUT2D eigenvalue weighted by atomic mass is 10.2. The molecule has 0 saturated carbocycles. The summed E-state index contributed by atoms with van der Waals surface area (Å²) in [6.07, 6.45) is -1.65. The van der Waals surface area contributed by atoms with Crippen molar-refractivity contribution in [2.45, 2.75) is 56.6 Å². The van der Waals surface area contributed by atoms with Gasteiger partial charge in [-0.25, -0.2) is 19.3 Å². The Balaban J connectivity index is 1.22. The highest BCUT2D eigenvalue weighted by molar-refractivity contribution is 7.47. The summed E-state index contributed by atoms with van der Waals surface area (Å²) in [7, 11) is -4.71. The van der Waals surface area contributed by atoms with Crippen LogP contribution in [0.4, 0.5) is 5.95 Å². The number of imidazole rings is 1. The third-order valence-electron chi connectivity index (χ3n) is 6.34. The molecule has 0 amide bonds. The molecule has 2 aliphatic rings. The lowest BCUT2D eigenvalue weighted by Crippen LogP contribution is -2.33. The number of phosphoric ester groups is 1. The molecule has 206 valence electrons. The number of nitrogens with zero attached hydrogens (tertiary/aromatic N) is 5. The third-order valence-corrected chi connectivity index (χ3v) is 7.35. The molecule has 17 nitrogen and oxygen atoms in total. The minimum atomic E-state index is -4.71. The van der Waals surface area contributed by atoms with Gasteiger partial charge in [0, 0.05) is 24.6 Å². The van der Waals surface area contributed by atoms with Crippen molar-refractivity contribution in [3.05, 3.63) is 45.1 Å². The molecule has 0 radical (unpaired) electrons. The number of ether oxygens (including phenoxy) is 2. The lowest BCUT2D eigenvalue weighted by molar-refractivity contribution is -0.0567. The van der Waals surface area contributed by atoms with E-state index in [9.17, 15) is 29.3 Å². The van der Waals surface area contributed by atoms with Crippen molar-refractivity contribution in [1.82, 2.24) is 29.1 Å². The van der Waals surface area contributed by atoms with Gasteiger partial charge in [-0.1, -0.05) is 0 Å². The average Bonchev–Trinajstić information content (AvgIpc) is 3.56. The van der Waals surface area contributed by atoms with Crippen molar-refractivity contribution in [2.24, 2.45) is 0 Å². The second kappa shape index (κ2) is 10.3. The van der Waals surface area contributed by atoms with Gasteiger partial charge in [0.2, 0.25) is 5.95 Å². The molecule has 0 aromatic carbocycles. The number of H-pyrrole nitrogens is 1. The monoisotopic (exact) mass is 555 g/mol. The van der Waals surface area contributed by atoms with Crippen LogP contribution in [0.3, 0.4) is 0 Å². The maximum atomic E-state index is 12.7. The van der Waals surface area contributed by atoms with Crippen molar-refractivity contribution in [3.63, 3.8) is 0 Å². The summed E-state index contributed by atoms with van der Waals surface area (Å²) < 4.78 is 37.2. The number of hydrogen-bond donors (Lipinski definition) is 5. The largest absolute Gasteiger partial charge is 0.472 e. The zero-order valence-corrected chi connectivity index (χ0v) is 20.9. The Bertz CT molecular complexity index is 1490. The third kappa shape index (κ3) is 5.27. The van der Waals surface area contributed by atoms with Crippen molar-refractivity contribution < 1.29 is 38.2 Å². The van der Waals surface area contributed by atoms with E-state index in [1.165, 1.54) is 25.6 Å². The number of aromatic amines is 1. The first-order valence-electron chi connectivity index (χ1n) is 11.6. The van der Waals surface area contributed by atoms with Gasteiger partial charge in [-0.2, -0.15) is 4.98 Å². The van der Waals surface area contributed by atoms with Crippen LogP contribution in [0.5, 0.6) is 0 Å². The summed E-state index contributed by atoms with van der Waals surface area (Å²) >= 11 is 0. The molecule has 0 aliphatic carbocycles. The van der Waals surface area contributed by atoms with E-state index >= 15 is 0 Å². The summed E-state index contributed by atoms with van der Waals surface area (Å²) in [6.45, 7) is 0.464. The van der Waals surface area contributed by atoms with Crippen molar-refractivity contribution in [1.29, 1.82) is 0 Å². The van der Waals surface area contributed by atoms with Crippen molar-refractivity contribution >= 4 is 24.9 Å². The van der Waals surface area contributed by atoms with Gasteiger partial charge in [-0.3, -0.25) is 28.0 Å². The molecule has 0 bridgehead atoms. The van der Waals surface area contributed by atoms with Gasteiger partial charge < -0.3 is 30.3 Å². The highest BCUT2D eigenvalue weighted by Crippen LogP contribution is 2.49. The molecular weight excluding hydrogens is 529 g/mol. The van der Waals surface area contributed by atoms with Crippen LogP contribution in [0.25, 0.3) is 11.2 Å². The minimum absolute atomic E-state index is 0.0202. The first kappa shape index (κ1) is 26.6. The smallest absolute Gasteiger partial charge is 0.394 e. The Morgan fingerprint density at radius 2 is 1.95 bits per heavy atom. The van der Waals surface area contributed by atoms with Gasteiger partial charge in [0.25, 0.3) is 5.56 Å². The molecule has 18 heteroatoms. The molecule has 5 heterocycles. The van der Waals surface area contributed by atoms with E-state index in [0.717, 1.165) is 4.57 Å². The summed E-state index contributed by atoms with van der Waals surface area (Å²) in [5.74, 6) is 0.0242. The minimum Gasteiger partial charge on any atom is -0.394 e. The number of phosphoric acid groups is 1. The van der Waals surface area contributed by atoms with Gasteiger partial charge in [0.05, 0.1) is 31.8 Å². The Kier molecular flexibility index (Phi) is 7.19. The molecule has 7 atom stereocenters. The quantitative estimate of drug-likeness (QED) is 0.203. The van der Waals surface area contributed by atoms with E-state index in [0.29, 0.717) is 11.2 Å².